The Hall–Kier alpha value is -0.290. The summed E-state index contributed by atoms with van der Waals surface area (Å²) >= 11 is 6.96. The highest BCUT2D eigenvalue weighted by atomic mass is 32.2. The van der Waals surface area contributed by atoms with Crippen LogP contribution in [0.3, 0.4) is 0 Å². The number of hydrogen-bond acceptors (Lipinski definition) is 3. The third kappa shape index (κ3) is 3.85. The minimum atomic E-state index is -0.313. The van der Waals surface area contributed by atoms with E-state index in [1.54, 1.807) is 0 Å². The van der Waals surface area contributed by atoms with Gasteiger partial charge in [-0.25, -0.2) is 0 Å². The van der Waals surface area contributed by atoms with Crippen molar-refractivity contribution in [2.24, 2.45) is 17.6 Å². The van der Waals surface area contributed by atoms with Gasteiger partial charge in [-0.05, 0) is 5.92 Å². The third-order valence-electron chi connectivity index (χ3n) is 2.97. The van der Waals surface area contributed by atoms with Gasteiger partial charge in [0.25, 0.3) is 0 Å². The smallest absolute Gasteiger partial charge is 0.232 e. The summed E-state index contributed by atoms with van der Waals surface area (Å²) in [7, 11) is 0. The Morgan fingerprint density at radius 1 is 1.35 bits per heavy atom. The Labute approximate surface area is 113 Å². The lowest BCUT2D eigenvalue weighted by Gasteiger charge is -2.37. The topological polar surface area (TPSA) is 46.3 Å². The summed E-state index contributed by atoms with van der Waals surface area (Å²) in [5.41, 5.74) is 5.69. The largest absolute Gasteiger partial charge is 0.393 e. The molecule has 3 atom stereocenters. The minimum Gasteiger partial charge on any atom is -0.393 e. The summed E-state index contributed by atoms with van der Waals surface area (Å²) in [5.74, 6) is -0.0424. The Kier molecular flexibility index (Phi) is 5.25. The van der Waals surface area contributed by atoms with Crippen molar-refractivity contribution < 1.29 is 4.79 Å². The van der Waals surface area contributed by atoms with Crippen LogP contribution in [0.2, 0.25) is 0 Å². The SMILES string of the molecule is CC1CN(C(=O)C(C(N)=S)C(C)C)CC(C)S1. The van der Waals surface area contributed by atoms with Crippen molar-refractivity contribution in [3.05, 3.63) is 0 Å². The molecular formula is C12H22N2OS2. The van der Waals surface area contributed by atoms with E-state index in [-0.39, 0.29) is 17.7 Å². The molecule has 0 aromatic rings. The van der Waals surface area contributed by atoms with E-state index in [9.17, 15) is 4.79 Å². The second-order valence-electron chi connectivity index (χ2n) is 5.12. The molecule has 0 aromatic heterocycles. The number of carbonyl (C=O) groups is 1. The number of hydrogen-bond donors (Lipinski definition) is 1. The first-order valence-electron chi connectivity index (χ1n) is 6.06. The number of carbonyl (C=O) groups excluding carboxylic acids is 1. The van der Waals surface area contributed by atoms with E-state index in [4.69, 9.17) is 18.0 Å². The highest BCUT2D eigenvalue weighted by molar-refractivity contribution is 8.00. The second kappa shape index (κ2) is 6.05. The summed E-state index contributed by atoms with van der Waals surface area (Å²) < 4.78 is 0. The quantitative estimate of drug-likeness (QED) is 0.799. The molecule has 0 saturated carbocycles. The molecule has 1 heterocycles. The molecule has 0 radical (unpaired) electrons. The van der Waals surface area contributed by atoms with Crippen LogP contribution in [0.15, 0.2) is 0 Å². The van der Waals surface area contributed by atoms with Crippen molar-refractivity contribution in [1.29, 1.82) is 0 Å². The van der Waals surface area contributed by atoms with Crippen LogP contribution in [0.4, 0.5) is 0 Å². The first kappa shape index (κ1) is 14.8. The fraction of sp³-hybridized carbons (Fsp3) is 0.833. The number of amides is 1. The molecule has 1 saturated heterocycles. The van der Waals surface area contributed by atoms with Gasteiger partial charge in [0.2, 0.25) is 5.91 Å². The molecular weight excluding hydrogens is 252 g/mol. The minimum absolute atomic E-state index is 0.103. The van der Waals surface area contributed by atoms with Crippen molar-refractivity contribution >= 4 is 34.9 Å². The van der Waals surface area contributed by atoms with Gasteiger partial charge in [0.15, 0.2) is 0 Å². The summed E-state index contributed by atoms with van der Waals surface area (Å²) in [6.45, 7) is 9.91. The fourth-order valence-electron chi connectivity index (χ4n) is 2.29. The normalized spacial score (nSPS) is 27.0. The standard InChI is InChI=1S/C12H22N2OS2/c1-7(2)10(11(13)16)12(15)14-5-8(3)17-9(4)6-14/h7-10H,5-6H2,1-4H3,(H2,13,16). The van der Waals surface area contributed by atoms with Crippen LogP contribution in [-0.2, 0) is 4.79 Å². The zero-order chi connectivity index (χ0) is 13.2. The number of nitrogens with zero attached hydrogens (tertiary/aromatic N) is 1. The van der Waals surface area contributed by atoms with Gasteiger partial charge in [-0.2, -0.15) is 11.8 Å². The summed E-state index contributed by atoms with van der Waals surface area (Å²) in [4.78, 5) is 14.7. The molecule has 0 bridgehead atoms. The summed E-state index contributed by atoms with van der Waals surface area (Å²) in [5, 5.41) is 0.976. The summed E-state index contributed by atoms with van der Waals surface area (Å²) in [6, 6.07) is 0. The van der Waals surface area contributed by atoms with Gasteiger partial charge in [-0.3, -0.25) is 4.79 Å². The Balaban J connectivity index is 2.76. The van der Waals surface area contributed by atoms with Crippen molar-refractivity contribution in [3.8, 4) is 0 Å². The van der Waals surface area contributed by atoms with E-state index in [1.807, 2.05) is 30.5 Å². The van der Waals surface area contributed by atoms with E-state index in [2.05, 4.69) is 13.8 Å². The summed E-state index contributed by atoms with van der Waals surface area (Å²) in [6.07, 6.45) is 0. The van der Waals surface area contributed by atoms with Crippen molar-refractivity contribution in [2.45, 2.75) is 38.2 Å². The van der Waals surface area contributed by atoms with Crippen LogP contribution in [0.25, 0.3) is 0 Å². The van der Waals surface area contributed by atoms with Crippen molar-refractivity contribution in [2.75, 3.05) is 13.1 Å². The van der Waals surface area contributed by atoms with Crippen LogP contribution >= 0.6 is 24.0 Å². The van der Waals surface area contributed by atoms with Crippen LogP contribution in [0.5, 0.6) is 0 Å². The lowest BCUT2D eigenvalue weighted by Crippen LogP contribution is -2.50. The predicted molar refractivity (Wildman–Crippen MR) is 78.2 cm³/mol. The first-order valence-corrected chi connectivity index (χ1v) is 7.41. The molecule has 1 aliphatic rings. The Morgan fingerprint density at radius 3 is 2.18 bits per heavy atom. The van der Waals surface area contributed by atoms with Gasteiger partial charge in [-0.1, -0.05) is 39.9 Å². The molecule has 3 unspecified atom stereocenters. The molecule has 0 aliphatic carbocycles. The molecule has 5 heteroatoms. The van der Waals surface area contributed by atoms with Gasteiger partial charge in [0.1, 0.15) is 0 Å². The van der Waals surface area contributed by atoms with Gasteiger partial charge < -0.3 is 10.6 Å². The van der Waals surface area contributed by atoms with Crippen LogP contribution in [0.1, 0.15) is 27.7 Å². The zero-order valence-electron chi connectivity index (χ0n) is 11.0. The number of thiocarbonyl (C=S) groups is 1. The molecule has 1 amide bonds. The maximum Gasteiger partial charge on any atom is 0.232 e. The maximum absolute atomic E-state index is 12.4. The van der Waals surface area contributed by atoms with Crippen LogP contribution < -0.4 is 5.73 Å². The van der Waals surface area contributed by atoms with Gasteiger partial charge >= 0.3 is 0 Å². The highest BCUT2D eigenvalue weighted by Gasteiger charge is 2.33. The highest BCUT2D eigenvalue weighted by Crippen LogP contribution is 2.26. The van der Waals surface area contributed by atoms with E-state index >= 15 is 0 Å². The average molecular weight is 274 g/mol. The Morgan fingerprint density at radius 2 is 1.82 bits per heavy atom. The Bertz CT molecular complexity index is 297. The lowest BCUT2D eigenvalue weighted by atomic mass is 9.94. The van der Waals surface area contributed by atoms with E-state index in [1.165, 1.54) is 0 Å². The van der Waals surface area contributed by atoms with Crippen molar-refractivity contribution in [1.82, 2.24) is 4.90 Å². The molecule has 0 spiro atoms. The van der Waals surface area contributed by atoms with E-state index < -0.39 is 0 Å². The van der Waals surface area contributed by atoms with Crippen molar-refractivity contribution in [3.63, 3.8) is 0 Å². The number of nitrogens with two attached hydrogens (primary N) is 1. The molecule has 3 nitrogen and oxygen atoms in total. The van der Waals surface area contributed by atoms with Gasteiger partial charge in [0, 0.05) is 23.6 Å². The molecule has 2 N–H and O–H groups in total. The maximum atomic E-state index is 12.4. The zero-order valence-corrected chi connectivity index (χ0v) is 12.6. The lowest BCUT2D eigenvalue weighted by molar-refractivity contribution is -0.134. The van der Waals surface area contributed by atoms with E-state index in [0.29, 0.717) is 15.5 Å². The third-order valence-corrected chi connectivity index (χ3v) is 4.45. The monoisotopic (exact) mass is 274 g/mol. The second-order valence-corrected chi connectivity index (χ2v) is 7.48. The molecule has 1 aliphatic heterocycles. The number of rotatable bonds is 3. The van der Waals surface area contributed by atoms with E-state index in [0.717, 1.165) is 13.1 Å². The molecule has 17 heavy (non-hydrogen) atoms. The molecule has 0 aromatic carbocycles. The molecule has 98 valence electrons. The average Bonchev–Trinajstić information content (AvgIpc) is 2.14. The fourth-order valence-corrected chi connectivity index (χ4v) is 3.99. The van der Waals surface area contributed by atoms with Crippen LogP contribution in [-0.4, -0.2) is 39.4 Å². The van der Waals surface area contributed by atoms with Gasteiger partial charge in [-0.15, -0.1) is 0 Å². The van der Waals surface area contributed by atoms with Crippen LogP contribution in [0, 0.1) is 11.8 Å². The molecule has 1 rings (SSSR count). The first-order chi connectivity index (χ1) is 7.82. The molecule has 1 fully saturated rings. The predicted octanol–water partition coefficient (Wildman–Crippen LogP) is 1.90. The van der Waals surface area contributed by atoms with Gasteiger partial charge in [0.05, 0.1) is 10.9 Å². The number of thioether (sulfide) groups is 1.